The van der Waals surface area contributed by atoms with Gasteiger partial charge in [0.05, 0.1) is 10.3 Å². The SMILES string of the molecule is O=[N+]([O-])c1ccc(N2CCC(CO)CC2)c2cnccc12. The molecule has 0 bridgehead atoms. The summed E-state index contributed by atoms with van der Waals surface area (Å²) < 4.78 is 0. The van der Waals surface area contributed by atoms with Gasteiger partial charge in [-0.2, -0.15) is 0 Å². The average molecular weight is 287 g/mol. The van der Waals surface area contributed by atoms with Gasteiger partial charge in [-0.1, -0.05) is 0 Å². The van der Waals surface area contributed by atoms with E-state index < -0.39 is 0 Å². The van der Waals surface area contributed by atoms with Gasteiger partial charge >= 0.3 is 0 Å². The lowest BCUT2D eigenvalue weighted by Crippen LogP contribution is -2.34. The van der Waals surface area contributed by atoms with Crippen molar-refractivity contribution >= 4 is 22.1 Å². The third-order valence-electron chi connectivity index (χ3n) is 4.18. The Morgan fingerprint density at radius 2 is 2.05 bits per heavy atom. The van der Waals surface area contributed by atoms with E-state index in [2.05, 4.69) is 9.88 Å². The molecule has 1 aliphatic rings. The standard InChI is InChI=1S/C15H17N3O3/c19-10-11-4-7-17(8-5-11)14-1-2-15(18(20)21)12-3-6-16-9-13(12)14/h1-3,6,9,11,19H,4-5,7-8,10H2. The van der Waals surface area contributed by atoms with Gasteiger partial charge in [0.1, 0.15) is 0 Å². The highest BCUT2D eigenvalue weighted by molar-refractivity contribution is 5.99. The number of aliphatic hydroxyl groups is 1. The van der Waals surface area contributed by atoms with Crippen molar-refractivity contribution < 1.29 is 10.0 Å². The van der Waals surface area contributed by atoms with Gasteiger partial charge in [-0.05, 0) is 30.9 Å². The summed E-state index contributed by atoms with van der Waals surface area (Å²) in [6.07, 6.45) is 5.15. The normalized spacial score (nSPS) is 16.3. The summed E-state index contributed by atoms with van der Waals surface area (Å²) in [5, 5.41) is 21.8. The van der Waals surface area contributed by atoms with Crippen molar-refractivity contribution in [2.45, 2.75) is 12.8 Å². The highest BCUT2D eigenvalue weighted by Gasteiger charge is 2.22. The minimum atomic E-state index is -0.357. The first-order chi connectivity index (χ1) is 10.2. The number of pyridine rings is 1. The van der Waals surface area contributed by atoms with Crippen molar-refractivity contribution in [1.82, 2.24) is 4.98 Å². The fourth-order valence-corrected chi connectivity index (χ4v) is 2.95. The van der Waals surface area contributed by atoms with Crippen LogP contribution in [0.1, 0.15) is 12.8 Å². The van der Waals surface area contributed by atoms with E-state index in [9.17, 15) is 15.2 Å². The fraction of sp³-hybridized carbons (Fsp3) is 0.400. The monoisotopic (exact) mass is 287 g/mol. The number of piperidine rings is 1. The van der Waals surface area contributed by atoms with Crippen molar-refractivity contribution in [2.24, 2.45) is 5.92 Å². The molecule has 21 heavy (non-hydrogen) atoms. The van der Waals surface area contributed by atoms with E-state index in [0.29, 0.717) is 11.3 Å². The first kappa shape index (κ1) is 13.8. The number of non-ortho nitro benzene ring substituents is 1. The lowest BCUT2D eigenvalue weighted by Gasteiger charge is -2.33. The van der Waals surface area contributed by atoms with Crippen LogP contribution < -0.4 is 4.90 Å². The summed E-state index contributed by atoms with van der Waals surface area (Å²) in [4.78, 5) is 17.1. The predicted molar refractivity (Wildman–Crippen MR) is 80.4 cm³/mol. The van der Waals surface area contributed by atoms with E-state index in [1.165, 1.54) is 0 Å². The molecule has 0 amide bonds. The molecule has 1 N–H and O–H groups in total. The zero-order valence-electron chi connectivity index (χ0n) is 11.6. The molecule has 0 aliphatic carbocycles. The highest BCUT2D eigenvalue weighted by atomic mass is 16.6. The number of hydrogen-bond donors (Lipinski definition) is 1. The van der Waals surface area contributed by atoms with Gasteiger partial charge in [0.25, 0.3) is 5.69 Å². The Balaban J connectivity index is 2.00. The smallest absolute Gasteiger partial charge is 0.277 e. The molecule has 3 rings (SSSR count). The quantitative estimate of drug-likeness (QED) is 0.692. The van der Waals surface area contributed by atoms with Gasteiger partial charge in [-0.15, -0.1) is 0 Å². The van der Waals surface area contributed by atoms with Crippen molar-refractivity contribution in [2.75, 3.05) is 24.6 Å². The third-order valence-corrected chi connectivity index (χ3v) is 4.18. The molecule has 2 heterocycles. The summed E-state index contributed by atoms with van der Waals surface area (Å²) in [6.45, 7) is 1.94. The maximum atomic E-state index is 11.1. The molecule has 0 radical (unpaired) electrons. The molecular formula is C15H17N3O3. The molecule has 2 aromatic rings. The molecule has 1 aliphatic heterocycles. The van der Waals surface area contributed by atoms with Crippen molar-refractivity contribution in [3.63, 3.8) is 0 Å². The van der Waals surface area contributed by atoms with Crippen LogP contribution in [-0.4, -0.2) is 34.7 Å². The Kier molecular flexibility index (Phi) is 3.70. The number of aliphatic hydroxyl groups excluding tert-OH is 1. The fourth-order valence-electron chi connectivity index (χ4n) is 2.95. The molecule has 6 heteroatoms. The molecular weight excluding hydrogens is 270 g/mol. The molecule has 0 spiro atoms. The molecule has 1 saturated heterocycles. The van der Waals surface area contributed by atoms with E-state index in [-0.39, 0.29) is 17.2 Å². The van der Waals surface area contributed by atoms with Crippen molar-refractivity contribution in [3.05, 3.63) is 40.7 Å². The topological polar surface area (TPSA) is 79.5 Å². The second-order valence-corrected chi connectivity index (χ2v) is 5.40. The van der Waals surface area contributed by atoms with Crippen molar-refractivity contribution in [1.29, 1.82) is 0 Å². The lowest BCUT2D eigenvalue weighted by molar-refractivity contribution is -0.383. The Hall–Kier alpha value is -2.21. The predicted octanol–water partition coefficient (Wildman–Crippen LogP) is 2.35. The van der Waals surface area contributed by atoms with Gasteiger partial charge in [0.2, 0.25) is 0 Å². The highest BCUT2D eigenvalue weighted by Crippen LogP contribution is 2.34. The van der Waals surface area contributed by atoms with Gasteiger partial charge in [0, 0.05) is 49.2 Å². The second-order valence-electron chi connectivity index (χ2n) is 5.40. The zero-order valence-corrected chi connectivity index (χ0v) is 11.6. The van der Waals surface area contributed by atoms with Crippen LogP contribution in [0.2, 0.25) is 0 Å². The number of nitro benzene ring substituents is 1. The molecule has 110 valence electrons. The summed E-state index contributed by atoms with van der Waals surface area (Å²) in [7, 11) is 0. The molecule has 1 fully saturated rings. The Morgan fingerprint density at radius 1 is 1.29 bits per heavy atom. The minimum absolute atomic E-state index is 0.112. The van der Waals surface area contributed by atoms with E-state index in [1.807, 2.05) is 0 Å². The van der Waals surface area contributed by atoms with E-state index >= 15 is 0 Å². The number of aromatic nitrogens is 1. The molecule has 0 saturated carbocycles. The maximum absolute atomic E-state index is 11.1. The van der Waals surface area contributed by atoms with Crippen LogP contribution in [0.5, 0.6) is 0 Å². The number of benzene rings is 1. The number of fused-ring (bicyclic) bond motifs is 1. The second kappa shape index (κ2) is 5.65. The number of nitrogens with zero attached hydrogens (tertiary/aromatic N) is 3. The van der Waals surface area contributed by atoms with Gasteiger partial charge in [-0.3, -0.25) is 15.1 Å². The van der Waals surface area contributed by atoms with Crippen LogP contribution in [-0.2, 0) is 0 Å². The van der Waals surface area contributed by atoms with E-state index in [1.54, 1.807) is 30.6 Å². The van der Waals surface area contributed by atoms with Crippen molar-refractivity contribution in [3.8, 4) is 0 Å². The average Bonchev–Trinajstić information content (AvgIpc) is 2.54. The molecule has 1 aromatic carbocycles. The lowest BCUT2D eigenvalue weighted by atomic mass is 9.96. The van der Waals surface area contributed by atoms with Crippen LogP contribution in [0.25, 0.3) is 10.8 Å². The number of hydrogen-bond acceptors (Lipinski definition) is 5. The van der Waals surface area contributed by atoms with Crippen LogP contribution in [0, 0.1) is 16.0 Å². The van der Waals surface area contributed by atoms with Crippen LogP contribution in [0.15, 0.2) is 30.6 Å². The van der Waals surface area contributed by atoms with E-state index in [0.717, 1.165) is 37.0 Å². The minimum Gasteiger partial charge on any atom is -0.396 e. The molecule has 0 atom stereocenters. The van der Waals surface area contributed by atoms with E-state index in [4.69, 9.17) is 0 Å². The summed E-state index contributed by atoms with van der Waals surface area (Å²) in [5.74, 6) is 0.365. The summed E-state index contributed by atoms with van der Waals surface area (Å²) >= 11 is 0. The van der Waals surface area contributed by atoms with Gasteiger partial charge < -0.3 is 10.0 Å². The molecule has 1 aromatic heterocycles. The Morgan fingerprint density at radius 3 is 2.71 bits per heavy atom. The third kappa shape index (κ3) is 2.54. The summed E-state index contributed by atoms with van der Waals surface area (Å²) in [6, 6.07) is 5.06. The molecule has 0 unspecified atom stereocenters. The number of nitro groups is 1. The first-order valence-corrected chi connectivity index (χ1v) is 7.07. The maximum Gasteiger partial charge on any atom is 0.277 e. The zero-order chi connectivity index (χ0) is 14.8. The first-order valence-electron chi connectivity index (χ1n) is 7.07. The number of rotatable bonds is 3. The number of anilines is 1. The summed E-state index contributed by atoms with van der Waals surface area (Å²) in [5.41, 5.74) is 1.10. The molecule has 6 nitrogen and oxygen atoms in total. The van der Waals surface area contributed by atoms with Crippen LogP contribution in [0.3, 0.4) is 0 Å². The van der Waals surface area contributed by atoms with Gasteiger partial charge in [-0.25, -0.2) is 0 Å². The van der Waals surface area contributed by atoms with Crippen LogP contribution >= 0.6 is 0 Å². The van der Waals surface area contributed by atoms with Crippen LogP contribution in [0.4, 0.5) is 11.4 Å². The Bertz CT molecular complexity index is 666. The largest absolute Gasteiger partial charge is 0.396 e. The Labute approximate surface area is 122 Å². The van der Waals surface area contributed by atoms with Gasteiger partial charge in [0.15, 0.2) is 0 Å².